The maximum atomic E-state index is 10.9. The normalized spacial score (nSPS) is 11.5. The summed E-state index contributed by atoms with van der Waals surface area (Å²) in [6.45, 7) is 9.27. The van der Waals surface area contributed by atoms with Crippen LogP contribution in [-0.2, 0) is 9.53 Å². The van der Waals surface area contributed by atoms with Gasteiger partial charge in [-0.25, -0.2) is 4.79 Å². The van der Waals surface area contributed by atoms with Gasteiger partial charge in [0.2, 0.25) is 0 Å². The van der Waals surface area contributed by atoms with E-state index in [9.17, 15) is 4.79 Å². The molecule has 0 aliphatic heterocycles. The van der Waals surface area contributed by atoms with E-state index in [2.05, 4.69) is 32.6 Å². The molecule has 1 unspecified atom stereocenters. The molecule has 0 spiro atoms. The van der Waals surface area contributed by atoms with E-state index in [1.165, 1.54) is 0 Å². The highest BCUT2D eigenvalue weighted by Gasteiger charge is 2.03. The van der Waals surface area contributed by atoms with Crippen LogP contribution < -0.4 is 9.47 Å². The largest absolute Gasteiger partial charge is 0.493 e. The fourth-order valence-electron chi connectivity index (χ4n) is 2.32. The van der Waals surface area contributed by atoms with Gasteiger partial charge in [0.05, 0.1) is 19.8 Å². The molecule has 0 radical (unpaired) electrons. The molecule has 0 aromatic heterocycles. The number of carbonyl (C=O) groups excluding carboxylic acids is 1. The Hall–Kier alpha value is -2.75. The summed E-state index contributed by atoms with van der Waals surface area (Å²) in [6, 6.07) is 16.1. The number of esters is 1. The second-order valence-corrected chi connectivity index (χ2v) is 6.45. The summed E-state index contributed by atoms with van der Waals surface area (Å²) in [4.78, 5) is 10.9. The van der Waals surface area contributed by atoms with Crippen molar-refractivity contribution < 1.29 is 19.0 Å². The smallest absolute Gasteiger partial charge is 0.330 e. The van der Waals surface area contributed by atoms with Gasteiger partial charge >= 0.3 is 5.97 Å². The zero-order valence-corrected chi connectivity index (χ0v) is 16.1. The SMILES string of the molecule is C=CC(=O)OCCCOc1ccc(-c2ccc(OCC(C)CC)cc2)cc1. The van der Waals surface area contributed by atoms with E-state index in [0.717, 1.165) is 41.7 Å². The molecule has 4 heteroatoms. The Morgan fingerprint density at radius 2 is 1.52 bits per heavy atom. The van der Waals surface area contributed by atoms with Crippen molar-refractivity contribution in [1.29, 1.82) is 0 Å². The number of hydrogen-bond donors (Lipinski definition) is 0. The van der Waals surface area contributed by atoms with Gasteiger partial charge in [-0.15, -0.1) is 0 Å². The summed E-state index contributed by atoms with van der Waals surface area (Å²) >= 11 is 0. The molecular formula is C23H28O4. The molecule has 0 N–H and O–H groups in total. The lowest BCUT2D eigenvalue weighted by Crippen LogP contribution is -2.07. The van der Waals surface area contributed by atoms with Crippen molar-refractivity contribution in [3.05, 3.63) is 61.2 Å². The highest BCUT2D eigenvalue weighted by atomic mass is 16.5. The molecule has 0 bridgehead atoms. The lowest BCUT2D eigenvalue weighted by Gasteiger charge is -2.11. The molecule has 2 aromatic carbocycles. The summed E-state index contributed by atoms with van der Waals surface area (Å²) in [6.07, 6.45) is 2.91. The second kappa shape index (κ2) is 11.1. The van der Waals surface area contributed by atoms with Crippen LogP contribution in [0.25, 0.3) is 11.1 Å². The molecule has 0 saturated carbocycles. The molecule has 4 nitrogen and oxygen atoms in total. The molecular weight excluding hydrogens is 340 g/mol. The number of rotatable bonds is 11. The third-order valence-corrected chi connectivity index (χ3v) is 4.24. The first-order chi connectivity index (χ1) is 13.1. The zero-order chi connectivity index (χ0) is 19.5. The van der Waals surface area contributed by atoms with Crippen molar-refractivity contribution >= 4 is 5.97 Å². The summed E-state index contributed by atoms with van der Waals surface area (Å²) in [5.74, 6) is 1.85. The standard InChI is InChI=1S/C23H28O4/c1-4-18(3)17-27-22-13-9-20(10-14-22)19-7-11-21(12-8-19)25-15-6-16-26-23(24)5-2/h5,7-14,18H,2,4,6,15-17H2,1,3H3. The van der Waals surface area contributed by atoms with Crippen molar-refractivity contribution in [2.24, 2.45) is 5.92 Å². The maximum Gasteiger partial charge on any atom is 0.330 e. The minimum absolute atomic E-state index is 0.328. The van der Waals surface area contributed by atoms with Gasteiger partial charge in [-0.3, -0.25) is 0 Å². The van der Waals surface area contributed by atoms with Gasteiger partial charge in [0, 0.05) is 12.5 Å². The molecule has 2 aromatic rings. The topological polar surface area (TPSA) is 44.8 Å². The van der Waals surface area contributed by atoms with Gasteiger partial charge in [0.1, 0.15) is 11.5 Å². The molecule has 0 saturated heterocycles. The van der Waals surface area contributed by atoms with E-state index >= 15 is 0 Å². The van der Waals surface area contributed by atoms with Crippen molar-refractivity contribution in [2.45, 2.75) is 26.7 Å². The molecule has 144 valence electrons. The van der Waals surface area contributed by atoms with Crippen LogP contribution in [0.3, 0.4) is 0 Å². The van der Waals surface area contributed by atoms with Crippen LogP contribution in [0, 0.1) is 5.92 Å². The summed E-state index contributed by atoms with van der Waals surface area (Å²) < 4.78 is 16.4. The summed E-state index contributed by atoms with van der Waals surface area (Å²) in [7, 11) is 0. The first-order valence-corrected chi connectivity index (χ1v) is 9.37. The van der Waals surface area contributed by atoms with E-state index in [0.29, 0.717) is 25.6 Å². The van der Waals surface area contributed by atoms with Gasteiger partial charge in [-0.1, -0.05) is 51.1 Å². The van der Waals surface area contributed by atoms with Crippen LogP contribution in [0.2, 0.25) is 0 Å². The first-order valence-electron chi connectivity index (χ1n) is 9.37. The molecule has 0 fully saturated rings. The summed E-state index contributed by atoms with van der Waals surface area (Å²) in [5.41, 5.74) is 2.25. The third-order valence-electron chi connectivity index (χ3n) is 4.24. The minimum Gasteiger partial charge on any atom is -0.493 e. The predicted molar refractivity (Wildman–Crippen MR) is 108 cm³/mol. The molecule has 1 atom stereocenters. The monoisotopic (exact) mass is 368 g/mol. The Balaban J connectivity index is 1.80. The molecule has 0 heterocycles. The van der Waals surface area contributed by atoms with E-state index < -0.39 is 5.97 Å². The Labute approximate surface area is 161 Å². The fraction of sp³-hybridized carbons (Fsp3) is 0.348. The van der Waals surface area contributed by atoms with Gasteiger partial charge < -0.3 is 14.2 Å². The number of carbonyl (C=O) groups is 1. The highest BCUT2D eigenvalue weighted by molar-refractivity contribution is 5.81. The van der Waals surface area contributed by atoms with Crippen LogP contribution in [0.4, 0.5) is 0 Å². The van der Waals surface area contributed by atoms with Crippen molar-refractivity contribution in [3.63, 3.8) is 0 Å². The number of benzene rings is 2. The lowest BCUT2D eigenvalue weighted by molar-refractivity contribution is -0.137. The quantitative estimate of drug-likeness (QED) is 0.308. The van der Waals surface area contributed by atoms with Crippen molar-refractivity contribution in [1.82, 2.24) is 0 Å². The number of hydrogen-bond acceptors (Lipinski definition) is 4. The lowest BCUT2D eigenvalue weighted by atomic mass is 10.1. The Kier molecular flexibility index (Phi) is 8.43. The van der Waals surface area contributed by atoms with Crippen LogP contribution >= 0.6 is 0 Å². The fourth-order valence-corrected chi connectivity index (χ4v) is 2.32. The van der Waals surface area contributed by atoms with E-state index in [-0.39, 0.29) is 0 Å². The Morgan fingerprint density at radius 3 is 2.04 bits per heavy atom. The highest BCUT2D eigenvalue weighted by Crippen LogP contribution is 2.25. The second-order valence-electron chi connectivity index (χ2n) is 6.45. The average Bonchev–Trinajstić information content (AvgIpc) is 2.72. The van der Waals surface area contributed by atoms with Crippen LogP contribution in [0.5, 0.6) is 11.5 Å². The van der Waals surface area contributed by atoms with Gasteiger partial charge in [-0.2, -0.15) is 0 Å². The van der Waals surface area contributed by atoms with Crippen LogP contribution in [0.15, 0.2) is 61.2 Å². The third kappa shape index (κ3) is 7.18. The van der Waals surface area contributed by atoms with Gasteiger partial charge in [0.15, 0.2) is 0 Å². The molecule has 27 heavy (non-hydrogen) atoms. The maximum absolute atomic E-state index is 10.9. The van der Waals surface area contributed by atoms with Gasteiger partial charge in [-0.05, 0) is 41.3 Å². The number of ether oxygens (including phenoxy) is 3. The first kappa shape index (κ1) is 20.6. The minimum atomic E-state index is -0.407. The zero-order valence-electron chi connectivity index (χ0n) is 16.1. The van der Waals surface area contributed by atoms with Crippen LogP contribution in [0.1, 0.15) is 26.7 Å². The van der Waals surface area contributed by atoms with Crippen LogP contribution in [-0.4, -0.2) is 25.8 Å². The van der Waals surface area contributed by atoms with E-state index in [1.807, 2.05) is 36.4 Å². The predicted octanol–water partition coefficient (Wildman–Crippen LogP) is 5.28. The molecule has 0 aliphatic carbocycles. The Morgan fingerprint density at radius 1 is 0.963 bits per heavy atom. The van der Waals surface area contributed by atoms with E-state index in [4.69, 9.17) is 14.2 Å². The summed E-state index contributed by atoms with van der Waals surface area (Å²) in [5, 5.41) is 0. The van der Waals surface area contributed by atoms with E-state index in [1.54, 1.807) is 0 Å². The van der Waals surface area contributed by atoms with Crippen molar-refractivity contribution in [2.75, 3.05) is 19.8 Å². The Bertz CT molecular complexity index is 704. The molecule has 0 aliphatic rings. The molecule has 0 amide bonds. The van der Waals surface area contributed by atoms with Gasteiger partial charge in [0.25, 0.3) is 0 Å². The van der Waals surface area contributed by atoms with Crippen molar-refractivity contribution in [3.8, 4) is 22.6 Å². The average molecular weight is 368 g/mol. The molecule has 2 rings (SSSR count).